The van der Waals surface area contributed by atoms with Gasteiger partial charge in [-0.3, -0.25) is 19.6 Å². The molecule has 47 heavy (non-hydrogen) atoms. The molecular formula is C40H81N7. The van der Waals surface area contributed by atoms with Crippen molar-refractivity contribution in [3.63, 3.8) is 0 Å². The number of rotatable bonds is 4. The predicted molar refractivity (Wildman–Crippen MR) is 209 cm³/mol. The van der Waals surface area contributed by atoms with Crippen molar-refractivity contribution in [2.24, 2.45) is 0 Å². The minimum Gasteiger partial charge on any atom is -0.314 e. The Morgan fingerprint density at radius 1 is 0.596 bits per heavy atom. The van der Waals surface area contributed by atoms with E-state index in [0.29, 0.717) is 60.4 Å². The fraction of sp³-hybridized carbons (Fsp3) is 0.850. The Morgan fingerprint density at radius 3 is 1.57 bits per heavy atom. The third kappa shape index (κ3) is 15.2. The average Bonchev–Trinajstić information content (AvgIpc) is 2.98. The van der Waals surface area contributed by atoms with E-state index in [0.717, 1.165) is 26.2 Å². The van der Waals surface area contributed by atoms with Crippen LogP contribution in [-0.2, 0) is 13.0 Å². The first-order valence-electron chi connectivity index (χ1n) is 18.9. The van der Waals surface area contributed by atoms with E-state index in [4.69, 9.17) is 0 Å². The highest BCUT2D eigenvalue weighted by atomic mass is 15.3. The smallest absolute Gasteiger partial charge is 0.0239 e. The maximum Gasteiger partial charge on any atom is 0.0239 e. The largest absolute Gasteiger partial charge is 0.314 e. The van der Waals surface area contributed by atoms with Gasteiger partial charge in [-0.2, -0.15) is 0 Å². The van der Waals surface area contributed by atoms with Crippen LogP contribution in [0.2, 0.25) is 0 Å². The quantitative estimate of drug-likeness (QED) is 0.350. The molecule has 0 bridgehead atoms. The zero-order chi connectivity index (χ0) is 34.6. The molecule has 4 aliphatic rings. The van der Waals surface area contributed by atoms with Crippen molar-refractivity contribution >= 4 is 0 Å². The van der Waals surface area contributed by atoms with Crippen LogP contribution in [0.5, 0.6) is 0 Å². The average molecular weight is 660 g/mol. The van der Waals surface area contributed by atoms with Crippen molar-refractivity contribution in [2.75, 3.05) is 45.8 Å². The molecule has 3 fully saturated rings. The van der Waals surface area contributed by atoms with Gasteiger partial charge in [-0.1, -0.05) is 31.7 Å². The molecule has 0 radical (unpaired) electrons. The number of fused-ring (bicyclic) bond motifs is 1. The molecule has 4 aliphatic heterocycles. The summed E-state index contributed by atoms with van der Waals surface area (Å²) in [6.07, 6.45) is 1.22. The van der Waals surface area contributed by atoms with Gasteiger partial charge >= 0.3 is 0 Å². The molecule has 5 rings (SSSR count). The van der Waals surface area contributed by atoms with Crippen LogP contribution < -0.4 is 16.0 Å². The Balaban J connectivity index is 0.000000312. The lowest BCUT2D eigenvalue weighted by Gasteiger charge is -2.42. The summed E-state index contributed by atoms with van der Waals surface area (Å²) in [5.74, 6) is 0. The third-order valence-corrected chi connectivity index (χ3v) is 10.2. The fourth-order valence-corrected chi connectivity index (χ4v) is 7.68. The van der Waals surface area contributed by atoms with E-state index >= 15 is 0 Å². The first-order valence-corrected chi connectivity index (χ1v) is 18.9. The number of nitrogens with one attached hydrogen (secondary N) is 3. The number of hydrogen-bond donors (Lipinski definition) is 3. The second-order valence-corrected chi connectivity index (χ2v) is 15.9. The molecule has 3 saturated heterocycles. The lowest BCUT2D eigenvalue weighted by atomic mass is 9.99. The van der Waals surface area contributed by atoms with Gasteiger partial charge in [-0.05, 0) is 114 Å². The van der Waals surface area contributed by atoms with Gasteiger partial charge in [0.15, 0.2) is 0 Å². The van der Waals surface area contributed by atoms with Gasteiger partial charge in [-0.15, -0.1) is 0 Å². The molecule has 0 aliphatic carbocycles. The van der Waals surface area contributed by atoms with Gasteiger partial charge in [0.25, 0.3) is 0 Å². The maximum absolute atomic E-state index is 3.52. The first kappa shape index (κ1) is 44.0. The highest BCUT2D eigenvalue weighted by molar-refractivity contribution is 5.29. The lowest BCUT2D eigenvalue weighted by Crippen LogP contribution is -2.57. The molecule has 1 aromatic carbocycles. The Labute approximate surface area is 294 Å². The van der Waals surface area contributed by atoms with E-state index in [1.807, 2.05) is 0 Å². The molecule has 0 saturated carbocycles. The van der Waals surface area contributed by atoms with Crippen LogP contribution in [0.3, 0.4) is 0 Å². The molecule has 3 N–H and O–H groups in total. The molecule has 6 atom stereocenters. The molecule has 0 amide bonds. The van der Waals surface area contributed by atoms with Crippen molar-refractivity contribution < 1.29 is 0 Å². The van der Waals surface area contributed by atoms with Crippen molar-refractivity contribution in [1.29, 1.82) is 0 Å². The van der Waals surface area contributed by atoms with Gasteiger partial charge < -0.3 is 16.0 Å². The lowest BCUT2D eigenvalue weighted by molar-refractivity contribution is 0.0827. The van der Waals surface area contributed by atoms with Crippen LogP contribution in [0.4, 0.5) is 0 Å². The van der Waals surface area contributed by atoms with Gasteiger partial charge in [0.2, 0.25) is 0 Å². The molecule has 1 aromatic rings. The van der Waals surface area contributed by atoms with Crippen LogP contribution in [0, 0.1) is 0 Å². The fourth-order valence-electron chi connectivity index (χ4n) is 7.68. The Morgan fingerprint density at radius 2 is 1.13 bits per heavy atom. The van der Waals surface area contributed by atoms with Crippen molar-refractivity contribution in [3.8, 4) is 0 Å². The van der Waals surface area contributed by atoms with Gasteiger partial charge in [0, 0.05) is 113 Å². The molecule has 0 aromatic heterocycles. The predicted octanol–water partition coefficient (Wildman–Crippen LogP) is 6.32. The van der Waals surface area contributed by atoms with E-state index < -0.39 is 0 Å². The second-order valence-electron chi connectivity index (χ2n) is 15.9. The number of hydrogen-bond acceptors (Lipinski definition) is 7. The number of benzene rings is 1. The van der Waals surface area contributed by atoms with E-state index in [9.17, 15) is 0 Å². The van der Waals surface area contributed by atoms with Gasteiger partial charge in [-0.25, -0.2) is 0 Å². The molecule has 7 nitrogen and oxygen atoms in total. The highest BCUT2D eigenvalue weighted by Gasteiger charge is 2.26. The first-order chi connectivity index (χ1) is 21.6. The van der Waals surface area contributed by atoms with E-state index in [1.54, 1.807) is 5.56 Å². The zero-order valence-corrected chi connectivity index (χ0v) is 32.7. The third-order valence-electron chi connectivity index (χ3n) is 10.2. The van der Waals surface area contributed by atoms with E-state index in [-0.39, 0.29) is 7.43 Å². The SMILES string of the molecule is C.CC(C)N1C(C)CNCC1C.CC(C)N1CCc2ccccc2C1.CC1CN(C(C)C)C(C)CN1.CC1CN(C(C)C)CC(C)N1. The molecule has 6 unspecified atom stereocenters. The van der Waals surface area contributed by atoms with E-state index in [2.05, 4.69) is 157 Å². The van der Waals surface area contributed by atoms with Crippen molar-refractivity contribution in [3.05, 3.63) is 35.4 Å². The minimum absolute atomic E-state index is 0. The number of nitrogens with zero attached hydrogens (tertiary/aromatic N) is 4. The topological polar surface area (TPSA) is 49.1 Å². The van der Waals surface area contributed by atoms with E-state index in [1.165, 1.54) is 38.2 Å². The summed E-state index contributed by atoms with van der Waals surface area (Å²) in [6, 6.07) is 15.6. The summed E-state index contributed by atoms with van der Waals surface area (Å²) in [6.45, 7) is 41.2. The van der Waals surface area contributed by atoms with Crippen LogP contribution in [-0.4, -0.2) is 126 Å². The molecule has 0 spiro atoms. The Bertz CT molecular complexity index is 930. The summed E-state index contributed by atoms with van der Waals surface area (Å²) in [5, 5.41) is 10.4. The summed E-state index contributed by atoms with van der Waals surface area (Å²) in [5.41, 5.74) is 3.06. The zero-order valence-electron chi connectivity index (χ0n) is 32.7. The Kier molecular flexibility index (Phi) is 20.5. The summed E-state index contributed by atoms with van der Waals surface area (Å²) in [4.78, 5) is 10.2. The molecule has 4 heterocycles. The van der Waals surface area contributed by atoms with Crippen LogP contribution >= 0.6 is 0 Å². The molecule has 7 heteroatoms. The van der Waals surface area contributed by atoms with Crippen LogP contribution in [0.25, 0.3) is 0 Å². The summed E-state index contributed by atoms with van der Waals surface area (Å²) < 4.78 is 0. The highest BCUT2D eigenvalue weighted by Crippen LogP contribution is 2.20. The monoisotopic (exact) mass is 660 g/mol. The second kappa shape index (κ2) is 21.9. The molecular weight excluding hydrogens is 578 g/mol. The van der Waals surface area contributed by atoms with Crippen LogP contribution in [0.15, 0.2) is 24.3 Å². The molecule has 276 valence electrons. The van der Waals surface area contributed by atoms with Crippen LogP contribution in [0.1, 0.15) is 115 Å². The standard InChI is InChI=1S/C12H17N.3C9H20N2.CH4/c1-10(2)13-8-7-11-5-3-4-6-12(11)9-13;1-7(2)11-6-8(3)10-5-9(11)4;1-7(2)11-5-8(3)10-9(4)6-11;1-7(2)11-8(3)5-10-6-9(11)4;/h3-6,10H,7-9H2,1-2H3;3*7-10H,5-6H2,1-4H3;1H4. The number of piperazine rings is 3. The van der Waals surface area contributed by atoms with Crippen molar-refractivity contribution in [1.82, 2.24) is 35.6 Å². The Hall–Kier alpha value is -1.06. The summed E-state index contributed by atoms with van der Waals surface area (Å²) >= 11 is 0. The van der Waals surface area contributed by atoms with Gasteiger partial charge in [0.1, 0.15) is 0 Å². The normalized spacial score (nSPS) is 29.1. The minimum atomic E-state index is 0. The van der Waals surface area contributed by atoms with Crippen molar-refractivity contribution in [2.45, 2.75) is 178 Å². The van der Waals surface area contributed by atoms with Gasteiger partial charge in [0.05, 0.1) is 0 Å². The summed E-state index contributed by atoms with van der Waals surface area (Å²) in [7, 11) is 0. The maximum atomic E-state index is 3.52.